The molecule has 0 saturated heterocycles. The smallest absolute Gasteiger partial charge is 0.199 e. The summed E-state index contributed by atoms with van der Waals surface area (Å²) in [6.07, 6.45) is 2.96. The van der Waals surface area contributed by atoms with Crippen LogP contribution < -0.4 is 4.74 Å². The van der Waals surface area contributed by atoms with Gasteiger partial charge >= 0.3 is 0 Å². The minimum atomic E-state index is -1.47. The lowest BCUT2D eigenvalue weighted by Gasteiger charge is -2.40. The second kappa shape index (κ2) is 9.21. The average molecular weight is 617 g/mol. The maximum absolute atomic E-state index is 14.9. The van der Waals surface area contributed by atoms with Gasteiger partial charge in [0.25, 0.3) is 0 Å². The molecule has 0 fully saturated rings. The largest absolute Gasteiger partial charge is 0.451 e. The number of rotatable bonds is 5. The maximum atomic E-state index is 14.9. The van der Waals surface area contributed by atoms with E-state index in [1.54, 1.807) is 0 Å². The first-order chi connectivity index (χ1) is 17.5. The van der Waals surface area contributed by atoms with Gasteiger partial charge < -0.3 is 19.8 Å². The van der Waals surface area contributed by atoms with Gasteiger partial charge in [-0.05, 0) is 64.6 Å². The van der Waals surface area contributed by atoms with Crippen LogP contribution in [-0.4, -0.2) is 20.1 Å². The minimum Gasteiger partial charge on any atom is -0.451 e. The van der Waals surface area contributed by atoms with Gasteiger partial charge in [0.15, 0.2) is 17.4 Å². The van der Waals surface area contributed by atoms with Crippen LogP contribution in [0.15, 0.2) is 67.0 Å². The first kappa shape index (κ1) is 25.3. The average Bonchev–Trinajstić information content (AvgIpc) is 3.52. The van der Waals surface area contributed by atoms with Gasteiger partial charge in [0.2, 0.25) is 0 Å². The van der Waals surface area contributed by atoms with Crippen molar-refractivity contribution in [1.82, 2.24) is 15.0 Å². The van der Waals surface area contributed by atoms with E-state index in [1.807, 2.05) is 45.0 Å². The molecule has 0 bridgehead atoms. The molecule has 2 aromatic heterocycles. The predicted molar refractivity (Wildman–Crippen MR) is 144 cm³/mol. The van der Waals surface area contributed by atoms with Gasteiger partial charge in [-0.3, -0.25) is 0 Å². The summed E-state index contributed by atoms with van der Waals surface area (Å²) in [4.78, 5) is 10.1. The van der Waals surface area contributed by atoms with Gasteiger partial charge in [-0.2, -0.15) is 0 Å². The van der Waals surface area contributed by atoms with Crippen LogP contribution in [0.5, 0.6) is 11.5 Å². The number of nitrogens with one attached hydrogen (secondary N) is 2. The Morgan fingerprint density at radius 3 is 2.49 bits per heavy atom. The summed E-state index contributed by atoms with van der Waals surface area (Å²) in [6.45, 7) is 5.69. The second-order valence-corrected chi connectivity index (χ2v) is 11.0. The molecule has 0 aliphatic heterocycles. The number of nitrogens with zero attached hydrogens (tertiary/aromatic N) is 1. The van der Waals surface area contributed by atoms with Crippen LogP contribution in [-0.2, 0) is 5.60 Å². The van der Waals surface area contributed by atoms with Crippen LogP contribution in [0.1, 0.15) is 32.0 Å². The topological polar surface area (TPSA) is 73.9 Å². The summed E-state index contributed by atoms with van der Waals surface area (Å²) in [7, 11) is 0. The zero-order valence-corrected chi connectivity index (χ0v) is 22.3. The maximum Gasteiger partial charge on any atom is 0.199 e. The summed E-state index contributed by atoms with van der Waals surface area (Å²) in [6, 6.07) is 13.8. The van der Waals surface area contributed by atoms with Gasteiger partial charge in [-0.15, -0.1) is 0 Å². The summed E-state index contributed by atoms with van der Waals surface area (Å²) in [5, 5.41) is 12.1. The number of halogens is 4. The molecule has 0 amide bonds. The molecule has 0 radical (unpaired) electrons. The van der Waals surface area contributed by atoms with Crippen LogP contribution in [0, 0.1) is 26.4 Å². The van der Waals surface area contributed by atoms with Gasteiger partial charge in [0.05, 0.1) is 23.0 Å². The second-order valence-electron chi connectivity index (χ2n) is 9.80. The monoisotopic (exact) mass is 617 g/mol. The number of benzene rings is 3. The number of H-pyrrole nitrogens is 2. The fourth-order valence-electron chi connectivity index (χ4n) is 4.42. The molecule has 1 atom stereocenters. The third-order valence-electron chi connectivity index (χ3n) is 6.41. The highest BCUT2D eigenvalue weighted by molar-refractivity contribution is 14.1. The predicted octanol–water partition coefficient (Wildman–Crippen LogP) is 7.65. The van der Waals surface area contributed by atoms with E-state index in [9.17, 15) is 18.3 Å². The summed E-state index contributed by atoms with van der Waals surface area (Å²) in [5.74, 6) is -2.82. The molecular weight excluding hydrogens is 594 g/mol. The number of ether oxygens (including phenoxy) is 1. The number of hydrogen-bond donors (Lipinski definition) is 3. The van der Waals surface area contributed by atoms with Crippen molar-refractivity contribution in [3.05, 3.63) is 99.3 Å². The molecule has 0 aliphatic carbocycles. The van der Waals surface area contributed by atoms with Crippen LogP contribution in [0.3, 0.4) is 0 Å². The summed E-state index contributed by atoms with van der Waals surface area (Å²) < 4.78 is 50.8. The molecule has 2 heterocycles. The van der Waals surface area contributed by atoms with Crippen LogP contribution >= 0.6 is 22.6 Å². The first-order valence-electron chi connectivity index (χ1n) is 11.5. The van der Waals surface area contributed by atoms with Gasteiger partial charge in [0, 0.05) is 26.6 Å². The van der Waals surface area contributed by atoms with E-state index in [2.05, 4.69) is 37.5 Å². The minimum absolute atomic E-state index is 0.0192. The lowest BCUT2D eigenvalue weighted by atomic mass is 9.70. The quantitative estimate of drug-likeness (QED) is 0.178. The van der Waals surface area contributed by atoms with E-state index >= 15 is 0 Å². The summed E-state index contributed by atoms with van der Waals surface area (Å²) in [5.41, 5.74) is -0.779. The van der Waals surface area contributed by atoms with E-state index < -0.39 is 34.2 Å². The number of aromatic amines is 2. The van der Waals surface area contributed by atoms with Crippen molar-refractivity contribution >= 4 is 33.5 Å². The Kier molecular flexibility index (Phi) is 6.31. The van der Waals surface area contributed by atoms with Gasteiger partial charge in [-0.25, -0.2) is 18.2 Å². The van der Waals surface area contributed by atoms with Crippen molar-refractivity contribution in [1.29, 1.82) is 0 Å². The Labute approximate surface area is 224 Å². The first-order valence-corrected chi connectivity index (χ1v) is 12.5. The van der Waals surface area contributed by atoms with Crippen molar-refractivity contribution < 1.29 is 23.0 Å². The van der Waals surface area contributed by atoms with Crippen molar-refractivity contribution in [2.45, 2.75) is 26.4 Å². The Hall–Kier alpha value is -3.31. The van der Waals surface area contributed by atoms with Crippen molar-refractivity contribution in [2.24, 2.45) is 5.41 Å². The molecule has 0 saturated carbocycles. The highest BCUT2D eigenvalue weighted by Gasteiger charge is 2.45. The van der Waals surface area contributed by atoms with Crippen LogP contribution in [0.2, 0.25) is 0 Å². The molecule has 5 rings (SSSR count). The van der Waals surface area contributed by atoms with Crippen molar-refractivity contribution in [2.75, 3.05) is 0 Å². The molecule has 9 heteroatoms. The Bertz CT molecular complexity index is 1620. The normalized spacial score (nSPS) is 13.6. The van der Waals surface area contributed by atoms with Crippen LogP contribution in [0.25, 0.3) is 22.3 Å². The molecule has 3 N–H and O–H groups in total. The third-order valence-corrected chi connectivity index (χ3v) is 7.08. The number of aliphatic hydroxyl groups is 1. The van der Waals surface area contributed by atoms with E-state index in [4.69, 9.17) is 4.74 Å². The number of fused-ring (bicyclic) bond motifs is 1. The van der Waals surface area contributed by atoms with E-state index in [-0.39, 0.29) is 22.5 Å². The number of hydrogen-bond acceptors (Lipinski definition) is 3. The highest BCUT2D eigenvalue weighted by atomic mass is 127. The zero-order valence-electron chi connectivity index (χ0n) is 20.2. The van der Waals surface area contributed by atoms with Crippen LogP contribution in [0.4, 0.5) is 13.2 Å². The standard InChI is InChI=1S/C28H23F3IN3O2/c1-27(2,3)28(36,15-5-4-6-16(32)11-15)23-14-34-26(35-23)19-12-17(7-8-20(19)29)37-25-21(30)13-22-18(24(25)31)9-10-33-22/h4-14,33,36H,1-3H3,(H,34,35). The Morgan fingerprint density at radius 1 is 0.973 bits per heavy atom. The molecule has 1 unspecified atom stereocenters. The zero-order chi connectivity index (χ0) is 26.5. The molecule has 5 nitrogen and oxygen atoms in total. The fourth-order valence-corrected chi connectivity index (χ4v) is 4.96. The molecule has 3 aromatic carbocycles. The van der Waals surface area contributed by atoms with E-state index in [0.29, 0.717) is 16.8 Å². The van der Waals surface area contributed by atoms with Gasteiger partial charge in [-0.1, -0.05) is 32.9 Å². The van der Waals surface area contributed by atoms with E-state index in [0.717, 1.165) is 15.7 Å². The summed E-state index contributed by atoms with van der Waals surface area (Å²) >= 11 is 2.18. The molecule has 37 heavy (non-hydrogen) atoms. The lowest BCUT2D eigenvalue weighted by Crippen LogP contribution is -2.41. The number of aromatic nitrogens is 3. The molecular formula is C28H23F3IN3O2. The number of imidazole rings is 1. The molecule has 190 valence electrons. The van der Waals surface area contributed by atoms with Gasteiger partial charge in [0.1, 0.15) is 23.0 Å². The van der Waals surface area contributed by atoms with Crippen molar-refractivity contribution in [3.8, 4) is 22.9 Å². The lowest BCUT2D eigenvalue weighted by molar-refractivity contribution is -0.0292. The molecule has 0 aliphatic rings. The molecule has 0 spiro atoms. The Balaban J connectivity index is 1.55. The third kappa shape index (κ3) is 4.40. The molecule has 5 aromatic rings. The SMILES string of the molecule is CC(C)(C)C(O)(c1cccc(I)c1)c1cnc(-c2cc(Oc3c(F)cc4[nH]ccc4c3F)ccc2F)[nH]1. The Morgan fingerprint density at radius 2 is 1.76 bits per heavy atom. The van der Waals surface area contributed by atoms with Crippen molar-refractivity contribution in [3.63, 3.8) is 0 Å². The fraction of sp³-hybridized carbons (Fsp3) is 0.179. The van der Waals surface area contributed by atoms with E-state index in [1.165, 1.54) is 30.6 Å². The highest BCUT2D eigenvalue weighted by Crippen LogP contribution is 2.45.